The minimum Gasteiger partial charge on any atom is -0.466 e. The van der Waals surface area contributed by atoms with Gasteiger partial charge >= 0.3 is 0 Å². The van der Waals surface area contributed by atoms with Crippen molar-refractivity contribution in [2.24, 2.45) is 5.73 Å². The molecule has 1 unspecified atom stereocenters. The maximum atomic E-state index is 11.1. The zero-order chi connectivity index (χ0) is 14.9. The van der Waals surface area contributed by atoms with Gasteiger partial charge in [-0.25, -0.2) is 0 Å². The van der Waals surface area contributed by atoms with Crippen molar-refractivity contribution in [2.75, 3.05) is 5.32 Å². The van der Waals surface area contributed by atoms with Crippen molar-refractivity contribution < 1.29 is 9.21 Å². The molecule has 20 heavy (non-hydrogen) atoms. The molecule has 1 atom stereocenters. The fraction of sp³-hybridized carbons (Fsp3) is 0.312. The Hall–Kier alpha value is -2.23. The Bertz CT molecular complexity index is 644. The largest absolute Gasteiger partial charge is 0.466 e. The molecule has 0 saturated heterocycles. The minimum atomic E-state index is -0.408. The van der Waals surface area contributed by atoms with Crippen LogP contribution < -0.4 is 11.1 Å². The van der Waals surface area contributed by atoms with E-state index in [1.165, 1.54) is 0 Å². The molecule has 2 aromatic rings. The van der Waals surface area contributed by atoms with Crippen molar-refractivity contribution in [2.45, 2.75) is 33.7 Å². The number of carbonyl (C=O) groups is 1. The predicted octanol–water partition coefficient (Wildman–Crippen LogP) is 3.48. The quantitative estimate of drug-likeness (QED) is 0.895. The fourth-order valence-electron chi connectivity index (χ4n) is 2.37. The second kappa shape index (κ2) is 5.41. The Kier molecular flexibility index (Phi) is 3.84. The summed E-state index contributed by atoms with van der Waals surface area (Å²) in [4.78, 5) is 11.1. The first-order chi connectivity index (χ1) is 9.38. The van der Waals surface area contributed by atoms with Gasteiger partial charge in [0.2, 0.25) is 5.91 Å². The molecule has 0 bridgehead atoms. The molecule has 1 heterocycles. The third-order valence-corrected chi connectivity index (χ3v) is 3.43. The highest BCUT2D eigenvalue weighted by molar-refractivity contribution is 5.93. The lowest BCUT2D eigenvalue weighted by Crippen LogP contribution is -2.12. The zero-order valence-corrected chi connectivity index (χ0v) is 12.3. The first-order valence-electron chi connectivity index (χ1n) is 6.62. The summed E-state index contributed by atoms with van der Waals surface area (Å²) in [5.41, 5.74) is 8.92. The Morgan fingerprint density at radius 3 is 2.45 bits per heavy atom. The minimum absolute atomic E-state index is 0.130. The summed E-state index contributed by atoms with van der Waals surface area (Å²) in [7, 11) is 0. The van der Waals surface area contributed by atoms with E-state index in [9.17, 15) is 4.79 Å². The van der Waals surface area contributed by atoms with Gasteiger partial charge in [0.05, 0.1) is 6.04 Å². The number of nitrogens with one attached hydrogen (secondary N) is 1. The molecule has 1 aromatic heterocycles. The molecule has 106 valence electrons. The zero-order valence-electron chi connectivity index (χ0n) is 12.3. The van der Waals surface area contributed by atoms with Gasteiger partial charge in [-0.3, -0.25) is 4.79 Å². The molecule has 0 aliphatic rings. The summed E-state index contributed by atoms with van der Waals surface area (Å²) in [6, 6.07) is 7.59. The summed E-state index contributed by atoms with van der Waals surface area (Å²) >= 11 is 0. The van der Waals surface area contributed by atoms with E-state index in [1.54, 1.807) is 12.1 Å². The van der Waals surface area contributed by atoms with Crippen molar-refractivity contribution in [3.8, 4) is 0 Å². The summed E-state index contributed by atoms with van der Waals surface area (Å²) in [6.45, 7) is 7.94. The Morgan fingerprint density at radius 2 is 1.95 bits per heavy atom. The maximum Gasteiger partial charge on any atom is 0.248 e. The molecule has 0 radical (unpaired) electrons. The molecule has 3 N–H and O–H groups in total. The Morgan fingerprint density at radius 1 is 1.25 bits per heavy atom. The SMILES string of the molecule is Cc1cc(C(C)Nc2ccc(C(N)=O)cc2C)c(C)o1. The second-order valence-corrected chi connectivity index (χ2v) is 5.13. The van der Waals surface area contributed by atoms with E-state index in [0.29, 0.717) is 5.56 Å². The highest BCUT2D eigenvalue weighted by Crippen LogP contribution is 2.26. The molecule has 0 aliphatic carbocycles. The van der Waals surface area contributed by atoms with Crippen LogP contribution >= 0.6 is 0 Å². The van der Waals surface area contributed by atoms with Crippen LogP contribution in [0.15, 0.2) is 28.7 Å². The molecule has 0 fully saturated rings. The molecule has 1 aromatic carbocycles. The number of carbonyl (C=O) groups excluding carboxylic acids is 1. The number of furan rings is 1. The van der Waals surface area contributed by atoms with Crippen LogP contribution in [0.25, 0.3) is 0 Å². The van der Waals surface area contributed by atoms with Gasteiger partial charge in [0.25, 0.3) is 0 Å². The highest BCUT2D eigenvalue weighted by Gasteiger charge is 2.13. The van der Waals surface area contributed by atoms with Crippen LogP contribution in [0.3, 0.4) is 0 Å². The summed E-state index contributed by atoms with van der Waals surface area (Å²) in [5, 5.41) is 3.43. The van der Waals surface area contributed by atoms with Gasteiger partial charge in [0.15, 0.2) is 0 Å². The van der Waals surface area contributed by atoms with Gasteiger partial charge < -0.3 is 15.5 Å². The number of hydrogen-bond donors (Lipinski definition) is 2. The first kappa shape index (κ1) is 14.2. The van der Waals surface area contributed by atoms with E-state index in [-0.39, 0.29) is 6.04 Å². The van der Waals surface area contributed by atoms with Crippen molar-refractivity contribution in [1.82, 2.24) is 0 Å². The van der Waals surface area contributed by atoms with Crippen LogP contribution in [0.1, 0.15) is 46.0 Å². The Balaban J connectivity index is 2.22. The number of benzene rings is 1. The molecule has 0 saturated carbocycles. The fourth-order valence-corrected chi connectivity index (χ4v) is 2.37. The van der Waals surface area contributed by atoms with E-state index in [0.717, 1.165) is 28.3 Å². The van der Waals surface area contributed by atoms with Crippen LogP contribution in [0, 0.1) is 20.8 Å². The van der Waals surface area contributed by atoms with Gasteiger partial charge in [0, 0.05) is 16.8 Å². The van der Waals surface area contributed by atoms with E-state index >= 15 is 0 Å². The van der Waals surface area contributed by atoms with Crippen molar-refractivity contribution in [1.29, 1.82) is 0 Å². The Labute approximate surface area is 119 Å². The van der Waals surface area contributed by atoms with Gasteiger partial charge in [-0.05, 0) is 57.5 Å². The molecular formula is C16H20N2O2. The van der Waals surface area contributed by atoms with E-state index in [2.05, 4.69) is 12.2 Å². The third-order valence-electron chi connectivity index (χ3n) is 3.43. The maximum absolute atomic E-state index is 11.1. The molecule has 2 rings (SSSR count). The normalized spacial score (nSPS) is 12.2. The molecule has 1 amide bonds. The van der Waals surface area contributed by atoms with Crippen molar-refractivity contribution >= 4 is 11.6 Å². The second-order valence-electron chi connectivity index (χ2n) is 5.13. The van der Waals surface area contributed by atoms with Crippen molar-refractivity contribution in [3.63, 3.8) is 0 Å². The lowest BCUT2D eigenvalue weighted by atomic mass is 10.1. The van der Waals surface area contributed by atoms with Crippen molar-refractivity contribution in [3.05, 3.63) is 52.5 Å². The monoisotopic (exact) mass is 272 g/mol. The topological polar surface area (TPSA) is 68.3 Å². The molecule has 4 nitrogen and oxygen atoms in total. The smallest absolute Gasteiger partial charge is 0.248 e. The highest BCUT2D eigenvalue weighted by atomic mass is 16.3. The van der Waals surface area contributed by atoms with Gasteiger partial charge in [-0.1, -0.05) is 0 Å². The van der Waals surface area contributed by atoms with Crippen LogP contribution in [-0.2, 0) is 0 Å². The van der Waals surface area contributed by atoms with E-state index in [1.807, 2.05) is 32.9 Å². The van der Waals surface area contributed by atoms with Crippen LogP contribution in [0.5, 0.6) is 0 Å². The average molecular weight is 272 g/mol. The van der Waals surface area contributed by atoms with Crippen LogP contribution in [0.4, 0.5) is 5.69 Å². The number of aryl methyl sites for hydroxylation is 3. The summed E-state index contributed by atoms with van der Waals surface area (Å²) in [5.74, 6) is 1.43. The third kappa shape index (κ3) is 2.85. The molecule has 0 spiro atoms. The number of amides is 1. The summed E-state index contributed by atoms with van der Waals surface area (Å²) in [6.07, 6.45) is 0. The van der Waals surface area contributed by atoms with E-state index < -0.39 is 5.91 Å². The lowest BCUT2D eigenvalue weighted by Gasteiger charge is -2.17. The van der Waals surface area contributed by atoms with Crippen LogP contribution in [0.2, 0.25) is 0 Å². The van der Waals surface area contributed by atoms with Gasteiger partial charge in [-0.15, -0.1) is 0 Å². The number of hydrogen-bond acceptors (Lipinski definition) is 3. The molecule has 4 heteroatoms. The number of nitrogens with two attached hydrogens (primary N) is 1. The molecule has 0 aliphatic heterocycles. The number of primary amides is 1. The first-order valence-corrected chi connectivity index (χ1v) is 6.62. The lowest BCUT2D eigenvalue weighted by molar-refractivity contribution is 0.1000. The predicted molar refractivity (Wildman–Crippen MR) is 79.9 cm³/mol. The number of rotatable bonds is 4. The van der Waals surface area contributed by atoms with Gasteiger partial charge in [0.1, 0.15) is 11.5 Å². The standard InChI is InChI=1S/C16H20N2O2/c1-9-7-13(16(17)19)5-6-15(9)18-11(3)14-8-10(2)20-12(14)4/h5-8,11,18H,1-4H3,(H2,17,19). The molecular weight excluding hydrogens is 252 g/mol. The van der Waals surface area contributed by atoms with E-state index in [4.69, 9.17) is 10.2 Å². The average Bonchev–Trinajstić information content (AvgIpc) is 2.70. The summed E-state index contributed by atoms with van der Waals surface area (Å²) < 4.78 is 5.55. The van der Waals surface area contributed by atoms with Gasteiger partial charge in [-0.2, -0.15) is 0 Å². The number of anilines is 1. The van der Waals surface area contributed by atoms with Crippen LogP contribution in [-0.4, -0.2) is 5.91 Å².